The van der Waals surface area contributed by atoms with Gasteiger partial charge in [0.05, 0.1) is 6.33 Å². The second kappa shape index (κ2) is 12.0. The first-order valence-electron chi connectivity index (χ1n) is 8.76. The topological polar surface area (TPSA) is 130 Å². The fourth-order valence-corrected chi connectivity index (χ4v) is 3.24. The number of carbonyl (C=O) groups is 4. The molecule has 0 aliphatic rings. The number of nitrogens with one attached hydrogen (secondary N) is 2. The molecule has 1 unspecified atom stereocenters. The normalized spacial score (nSPS) is 12.6. The summed E-state index contributed by atoms with van der Waals surface area (Å²) in [5.41, 5.74) is 0.752. The van der Waals surface area contributed by atoms with Gasteiger partial charge in [-0.2, -0.15) is 0 Å². The van der Waals surface area contributed by atoms with Crippen LogP contribution in [-0.2, 0) is 32.6 Å². The van der Waals surface area contributed by atoms with Crippen LogP contribution in [0.1, 0.15) is 31.9 Å². The van der Waals surface area contributed by atoms with Gasteiger partial charge >= 0.3 is 5.97 Å². The molecule has 28 heavy (non-hydrogen) atoms. The Hall–Kier alpha value is -2.62. The highest BCUT2D eigenvalue weighted by Gasteiger charge is 2.26. The largest absolute Gasteiger partial charge is 0.480 e. The lowest BCUT2D eigenvalue weighted by atomic mass is 10.1. The van der Waals surface area contributed by atoms with Crippen LogP contribution >= 0.6 is 11.8 Å². The summed E-state index contributed by atoms with van der Waals surface area (Å²) in [6.07, 6.45) is 6.72. The second-order valence-electron chi connectivity index (χ2n) is 6.22. The zero-order chi connectivity index (χ0) is 21.1. The Morgan fingerprint density at radius 1 is 1.32 bits per heavy atom. The Balaban J connectivity index is 2.78. The number of thioether (sulfide) groups is 1. The van der Waals surface area contributed by atoms with E-state index >= 15 is 0 Å². The van der Waals surface area contributed by atoms with Crippen LogP contribution in [0.5, 0.6) is 0 Å². The lowest BCUT2D eigenvalue weighted by molar-refractivity contribution is -0.140. The lowest BCUT2D eigenvalue weighted by Crippen LogP contribution is -2.44. The number of imidazole rings is 1. The molecule has 0 fully saturated rings. The highest BCUT2D eigenvalue weighted by Crippen LogP contribution is 2.13. The Kier molecular flexibility index (Phi) is 10.0. The van der Waals surface area contributed by atoms with E-state index in [0.717, 1.165) is 17.5 Å². The van der Waals surface area contributed by atoms with Gasteiger partial charge in [-0.25, -0.2) is 9.78 Å². The first-order chi connectivity index (χ1) is 13.2. The SMILES string of the molecule is C=CCCCC(=O)N[C@@H](Cc1cncn1C)C(=O)SCC(NC(C)=O)C(=O)O. The van der Waals surface area contributed by atoms with Crippen molar-refractivity contribution < 1.29 is 24.3 Å². The number of nitrogens with zero attached hydrogens (tertiary/aromatic N) is 2. The van der Waals surface area contributed by atoms with Crippen LogP contribution in [0.2, 0.25) is 0 Å². The zero-order valence-corrected chi connectivity index (χ0v) is 16.8. The van der Waals surface area contributed by atoms with Gasteiger partial charge in [-0.3, -0.25) is 14.4 Å². The Labute approximate surface area is 168 Å². The maximum absolute atomic E-state index is 12.7. The molecule has 0 aliphatic heterocycles. The van der Waals surface area contributed by atoms with Crippen LogP contribution < -0.4 is 10.6 Å². The first-order valence-corrected chi connectivity index (χ1v) is 9.75. The minimum absolute atomic E-state index is 0.137. The highest BCUT2D eigenvalue weighted by molar-refractivity contribution is 8.13. The van der Waals surface area contributed by atoms with E-state index in [2.05, 4.69) is 22.2 Å². The number of aryl methyl sites for hydroxylation is 1. The molecule has 0 spiro atoms. The molecule has 1 aromatic heterocycles. The van der Waals surface area contributed by atoms with E-state index in [1.165, 1.54) is 6.92 Å². The highest BCUT2D eigenvalue weighted by atomic mass is 32.2. The van der Waals surface area contributed by atoms with Gasteiger partial charge in [0.1, 0.15) is 12.1 Å². The number of amides is 2. The zero-order valence-electron chi connectivity index (χ0n) is 16.0. The third-order valence-corrected chi connectivity index (χ3v) is 4.90. The van der Waals surface area contributed by atoms with Gasteiger partial charge in [-0.1, -0.05) is 17.8 Å². The van der Waals surface area contributed by atoms with Crippen molar-refractivity contribution in [1.82, 2.24) is 20.2 Å². The van der Waals surface area contributed by atoms with E-state index in [1.807, 2.05) is 0 Å². The van der Waals surface area contributed by atoms with E-state index < -0.39 is 24.0 Å². The number of carboxylic acids is 1. The molecule has 154 valence electrons. The lowest BCUT2D eigenvalue weighted by Gasteiger charge is -2.19. The van der Waals surface area contributed by atoms with Crippen molar-refractivity contribution >= 4 is 34.7 Å². The molecule has 1 rings (SSSR count). The van der Waals surface area contributed by atoms with Gasteiger partial charge in [0.15, 0.2) is 0 Å². The molecule has 0 aliphatic carbocycles. The molecule has 2 amide bonds. The number of unbranched alkanes of at least 4 members (excludes halogenated alkanes) is 1. The minimum Gasteiger partial charge on any atom is -0.480 e. The van der Waals surface area contributed by atoms with Gasteiger partial charge < -0.3 is 20.3 Å². The number of aliphatic carboxylic acids is 1. The average Bonchev–Trinajstić information content (AvgIpc) is 3.02. The summed E-state index contributed by atoms with van der Waals surface area (Å²) >= 11 is 0.766. The number of aromatic nitrogens is 2. The molecule has 0 bridgehead atoms. The van der Waals surface area contributed by atoms with Crippen LogP contribution in [0, 0.1) is 0 Å². The van der Waals surface area contributed by atoms with Crippen LogP contribution in [0.3, 0.4) is 0 Å². The smallest absolute Gasteiger partial charge is 0.327 e. The summed E-state index contributed by atoms with van der Waals surface area (Å²) in [7, 11) is 1.78. The predicted molar refractivity (Wildman–Crippen MR) is 106 cm³/mol. The van der Waals surface area contributed by atoms with E-state index in [9.17, 15) is 19.2 Å². The fourth-order valence-electron chi connectivity index (χ4n) is 2.34. The van der Waals surface area contributed by atoms with Gasteiger partial charge in [0, 0.05) is 44.5 Å². The Morgan fingerprint density at radius 2 is 2.04 bits per heavy atom. The van der Waals surface area contributed by atoms with Crippen molar-refractivity contribution in [3.8, 4) is 0 Å². The van der Waals surface area contributed by atoms with Gasteiger partial charge in [-0.05, 0) is 12.8 Å². The molecule has 0 saturated carbocycles. The Morgan fingerprint density at radius 3 is 2.57 bits per heavy atom. The van der Waals surface area contributed by atoms with Crippen LogP contribution in [0.25, 0.3) is 0 Å². The molecular weight excluding hydrogens is 384 g/mol. The summed E-state index contributed by atoms with van der Waals surface area (Å²) in [5.74, 6) is -2.13. The van der Waals surface area contributed by atoms with Crippen LogP contribution in [0.15, 0.2) is 25.2 Å². The van der Waals surface area contributed by atoms with E-state index in [0.29, 0.717) is 12.8 Å². The molecule has 10 heteroatoms. The number of carbonyl (C=O) groups excluding carboxylic acids is 3. The number of rotatable bonds is 12. The van der Waals surface area contributed by atoms with E-state index in [4.69, 9.17) is 5.11 Å². The third-order valence-electron chi connectivity index (χ3n) is 3.83. The summed E-state index contributed by atoms with van der Waals surface area (Å²) < 4.78 is 1.74. The molecule has 2 atom stereocenters. The number of allylic oxidation sites excluding steroid dienone is 1. The molecule has 1 heterocycles. The quantitative estimate of drug-likeness (QED) is 0.341. The van der Waals surface area contributed by atoms with Gasteiger partial charge in [0.25, 0.3) is 0 Å². The summed E-state index contributed by atoms with van der Waals surface area (Å²) in [6.45, 7) is 4.81. The third kappa shape index (κ3) is 8.38. The standard InChI is InChI=1S/C18H26N4O5S/c1-4-5-6-7-16(24)21-14(8-13-9-19-11-22(13)3)18(27)28-10-15(17(25)26)20-12(2)23/h4,9,11,14-15H,1,5-8,10H2,2-3H3,(H,20,23)(H,21,24)(H,25,26)/t14-,15?/m0/s1. The van der Waals surface area contributed by atoms with Crippen molar-refractivity contribution in [2.24, 2.45) is 7.05 Å². The van der Waals surface area contributed by atoms with Crippen molar-refractivity contribution in [2.75, 3.05) is 5.75 Å². The molecule has 0 radical (unpaired) electrons. The summed E-state index contributed by atoms with van der Waals surface area (Å²) in [5, 5.41) is 13.8. The monoisotopic (exact) mass is 410 g/mol. The fraction of sp³-hybridized carbons (Fsp3) is 0.500. The minimum atomic E-state index is -1.23. The number of hydrogen-bond acceptors (Lipinski definition) is 6. The van der Waals surface area contributed by atoms with Crippen LogP contribution in [0.4, 0.5) is 0 Å². The van der Waals surface area contributed by atoms with Crippen molar-refractivity contribution in [3.05, 3.63) is 30.9 Å². The molecule has 1 aromatic rings. The molecule has 9 nitrogen and oxygen atoms in total. The maximum atomic E-state index is 12.7. The molecule has 0 aromatic carbocycles. The summed E-state index contributed by atoms with van der Waals surface area (Å²) in [6, 6.07) is -2.02. The van der Waals surface area contributed by atoms with E-state index in [1.54, 1.807) is 30.2 Å². The Bertz CT molecular complexity index is 719. The molecular formula is C18H26N4O5S. The number of carboxylic acid groups (broad SMARTS) is 1. The van der Waals surface area contributed by atoms with Crippen molar-refractivity contribution in [1.29, 1.82) is 0 Å². The molecule has 0 saturated heterocycles. The first kappa shape index (κ1) is 23.4. The predicted octanol–water partition coefficient (Wildman–Crippen LogP) is 0.653. The van der Waals surface area contributed by atoms with Gasteiger partial charge in [-0.15, -0.1) is 6.58 Å². The van der Waals surface area contributed by atoms with E-state index in [-0.39, 0.29) is 29.6 Å². The average molecular weight is 410 g/mol. The van der Waals surface area contributed by atoms with Crippen LogP contribution in [-0.4, -0.2) is 55.4 Å². The second-order valence-corrected chi connectivity index (χ2v) is 7.25. The molecule has 3 N–H and O–H groups in total. The van der Waals surface area contributed by atoms with Gasteiger partial charge in [0.2, 0.25) is 16.9 Å². The summed E-state index contributed by atoms with van der Waals surface area (Å²) in [4.78, 5) is 51.1. The van der Waals surface area contributed by atoms with Crippen molar-refractivity contribution in [2.45, 2.75) is 44.7 Å². The maximum Gasteiger partial charge on any atom is 0.327 e. The van der Waals surface area contributed by atoms with Crippen molar-refractivity contribution in [3.63, 3.8) is 0 Å². The number of hydrogen-bond donors (Lipinski definition) is 3.